The van der Waals surface area contributed by atoms with Gasteiger partial charge in [0.2, 0.25) is 0 Å². The van der Waals surface area contributed by atoms with Crippen molar-refractivity contribution in [3.8, 4) is 0 Å². The molecule has 21 heavy (non-hydrogen) atoms. The summed E-state index contributed by atoms with van der Waals surface area (Å²) >= 11 is 1.82. The van der Waals surface area contributed by atoms with Crippen molar-refractivity contribution in [2.75, 3.05) is 5.43 Å². The van der Waals surface area contributed by atoms with Crippen LogP contribution in [0, 0.1) is 11.8 Å². The summed E-state index contributed by atoms with van der Waals surface area (Å²) in [6.45, 7) is 0. The summed E-state index contributed by atoms with van der Waals surface area (Å²) in [7, 11) is 0. The molecule has 4 nitrogen and oxygen atoms in total. The molecule has 2 aromatic heterocycles. The molecule has 1 saturated carbocycles. The third kappa shape index (κ3) is 1.70. The van der Waals surface area contributed by atoms with Gasteiger partial charge in [-0.3, -0.25) is 5.43 Å². The van der Waals surface area contributed by atoms with Crippen molar-refractivity contribution in [3.05, 3.63) is 28.9 Å². The zero-order chi connectivity index (χ0) is 13.8. The van der Waals surface area contributed by atoms with Crippen molar-refractivity contribution in [1.29, 1.82) is 0 Å². The number of aryl methyl sites for hydroxylation is 2. The molecule has 106 valence electrons. The van der Waals surface area contributed by atoms with Crippen molar-refractivity contribution in [2.45, 2.75) is 32.1 Å². The molecule has 0 aliphatic heterocycles. The molecule has 0 spiro atoms. The summed E-state index contributed by atoms with van der Waals surface area (Å²) in [4.78, 5) is 11.5. The second-order valence-corrected chi connectivity index (χ2v) is 7.20. The molecule has 2 aromatic rings. The molecular formula is C16H16N4S. The first-order valence-corrected chi connectivity index (χ1v) is 8.46. The number of fused-ring (bicyclic) bond motifs is 4. The molecule has 3 aliphatic rings. The normalized spacial score (nSPS) is 27.9. The smallest absolute Gasteiger partial charge is 0.158 e. The van der Waals surface area contributed by atoms with E-state index >= 15 is 0 Å². The number of aromatic nitrogens is 2. The lowest BCUT2D eigenvalue weighted by Crippen LogP contribution is -2.33. The third-order valence-corrected chi connectivity index (χ3v) is 6.17. The second-order valence-electron chi connectivity index (χ2n) is 6.11. The molecule has 2 heterocycles. The first kappa shape index (κ1) is 11.9. The SMILES string of the molecule is C1=C[C@@H]2C/C(=N\Nc3ncnc4sc5c(c34)CCC5)[C@H]2C1. The molecule has 0 saturated heterocycles. The van der Waals surface area contributed by atoms with Crippen molar-refractivity contribution in [3.63, 3.8) is 0 Å². The Balaban J connectivity index is 1.49. The van der Waals surface area contributed by atoms with Gasteiger partial charge in [-0.25, -0.2) is 9.97 Å². The number of allylic oxidation sites excluding steroid dienone is 2. The zero-order valence-corrected chi connectivity index (χ0v) is 12.5. The Morgan fingerprint density at radius 3 is 3.24 bits per heavy atom. The summed E-state index contributed by atoms with van der Waals surface area (Å²) < 4.78 is 0. The van der Waals surface area contributed by atoms with Gasteiger partial charge in [0.1, 0.15) is 11.2 Å². The van der Waals surface area contributed by atoms with E-state index in [1.165, 1.54) is 34.4 Å². The number of rotatable bonds is 2. The van der Waals surface area contributed by atoms with Crippen LogP contribution < -0.4 is 5.43 Å². The van der Waals surface area contributed by atoms with E-state index in [0.717, 1.165) is 35.8 Å². The highest BCUT2D eigenvalue weighted by Crippen LogP contribution is 2.41. The average molecular weight is 296 g/mol. The van der Waals surface area contributed by atoms with Crippen LogP contribution in [-0.2, 0) is 12.8 Å². The van der Waals surface area contributed by atoms with E-state index in [0.29, 0.717) is 5.92 Å². The van der Waals surface area contributed by atoms with Crippen molar-refractivity contribution < 1.29 is 0 Å². The average Bonchev–Trinajstić information content (AvgIpc) is 3.13. The third-order valence-electron chi connectivity index (χ3n) is 4.97. The quantitative estimate of drug-likeness (QED) is 0.681. The first-order valence-electron chi connectivity index (χ1n) is 7.64. The number of thiophene rings is 1. The minimum atomic E-state index is 0.642. The number of hydrogen-bond donors (Lipinski definition) is 1. The lowest BCUT2D eigenvalue weighted by molar-refractivity contribution is 0.466. The molecule has 1 fully saturated rings. The van der Waals surface area contributed by atoms with Gasteiger partial charge in [0.15, 0.2) is 5.82 Å². The highest BCUT2D eigenvalue weighted by atomic mass is 32.1. The molecule has 0 radical (unpaired) electrons. The molecule has 1 N–H and O–H groups in total. The molecule has 3 aliphatic carbocycles. The number of nitrogens with zero attached hydrogens (tertiary/aromatic N) is 3. The van der Waals surface area contributed by atoms with E-state index in [2.05, 4.69) is 32.6 Å². The fourth-order valence-electron chi connectivity index (χ4n) is 3.80. The number of hydrazone groups is 1. The van der Waals surface area contributed by atoms with Crippen LogP contribution in [0.4, 0.5) is 5.82 Å². The van der Waals surface area contributed by atoms with Crippen LogP contribution in [0.25, 0.3) is 10.2 Å². The van der Waals surface area contributed by atoms with Crippen LogP contribution >= 0.6 is 11.3 Å². The zero-order valence-electron chi connectivity index (χ0n) is 11.7. The van der Waals surface area contributed by atoms with Gasteiger partial charge < -0.3 is 0 Å². The van der Waals surface area contributed by atoms with Gasteiger partial charge in [0.25, 0.3) is 0 Å². The second kappa shape index (κ2) is 4.37. The molecule has 0 bridgehead atoms. The monoisotopic (exact) mass is 296 g/mol. The van der Waals surface area contributed by atoms with Crippen molar-refractivity contribution in [2.24, 2.45) is 16.9 Å². The van der Waals surface area contributed by atoms with Crippen LogP contribution in [-0.4, -0.2) is 15.7 Å². The van der Waals surface area contributed by atoms with Crippen LogP contribution in [0.5, 0.6) is 0 Å². The lowest BCUT2D eigenvalue weighted by atomic mass is 9.74. The molecule has 0 unspecified atom stereocenters. The minimum absolute atomic E-state index is 0.642. The summed E-state index contributed by atoms with van der Waals surface area (Å²) in [5.41, 5.74) is 5.98. The lowest BCUT2D eigenvalue weighted by Gasteiger charge is -2.31. The van der Waals surface area contributed by atoms with Gasteiger partial charge in [-0.15, -0.1) is 11.3 Å². The van der Waals surface area contributed by atoms with E-state index in [4.69, 9.17) is 0 Å². The predicted octanol–water partition coefficient (Wildman–Crippen LogP) is 3.54. The minimum Gasteiger partial charge on any atom is -0.261 e. The van der Waals surface area contributed by atoms with Gasteiger partial charge >= 0.3 is 0 Å². The van der Waals surface area contributed by atoms with Gasteiger partial charge in [-0.2, -0.15) is 5.10 Å². The van der Waals surface area contributed by atoms with E-state index in [-0.39, 0.29) is 0 Å². The molecule has 2 atom stereocenters. The Bertz CT molecular complexity index is 789. The fourth-order valence-corrected chi connectivity index (χ4v) is 5.03. The topological polar surface area (TPSA) is 50.2 Å². The number of anilines is 1. The summed E-state index contributed by atoms with van der Waals surface area (Å²) in [5, 5.41) is 5.85. The maximum absolute atomic E-state index is 4.64. The van der Waals surface area contributed by atoms with E-state index in [9.17, 15) is 0 Å². The molecular weight excluding hydrogens is 280 g/mol. The van der Waals surface area contributed by atoms with Crippen molar-refractivity contribution >= 4 is 33.1 Å². The predicted molar refractivity (Wildman–Crippen MR) is 85.9 cm³/mol. The Morgan fingerprint density at radius 1 is 1.29 bits per heavy atom. The summed E-state index contributed by atoms with van der Waals surface area (Å²) in [6, 6.07) is 0. The van der Waals surface area contributed by atoms with Gasteiger partial charge in [-0.1, -0.05) is 12.2 Å². The number of hydrogen-bond acceptors (Lipinski definition) is 5. The largest absolute Gasteiger partial charge is 0.261 e. The van der Waals surface area contributed by atoms with Gasteiger partial charge in [0.05, 0.1) is 5.39 Å². The van der Waals surface area contributed by atoms with E-state index in [1.54, 1.807) is 6.33 Å². The standard InChI is InChI=1S/C16H16N4S/c1-3-9-7-12(10(9)4-1)19-20-15-14-11-5-2-6-13(11)21-16(14)18-8-17-15/h1,3,8-10H,2,4-7H2,(H,17,18,20)/b19-12+/t9-,10+/m1/s1. The summed E-state index contributed by atoms with van der Waals surface area (Å²) in [5.74, 6) is 2.27. The molecule has 5 heteroatoms. The fraction of sp³-hybridized carbons (Fsp3) is 0.438. The van der Waals surface area contributed by atoms with Crippen LogP contribution in [0.15, 0.2) is 23.6 Å². The summed E-state index contributed by atoms with van der Waals surface area (Å²) in [6.07, 6.45) is 12.1. The highest BCUT2D eigenvalue weighted by molar-refractivity contribution is 7.19. The number of nitrogens with one attached hydrogen (secondary N) is 1. The Morgan fingerprint density at radius 2 is 2.29 bits per heavy atom. The highest BCUT2D eigenvalue weighted by Gasteiger charge is 2.38. The Labute approximate surface area is 127 Å². The van der Waals surface area contributed by atoms with Crippen LogP contribution in [0.1, 0.15) is 29.7 Å². The van der Waals surface area contributed by atoms with Crippen molar-refractivity contribution in [1.82, 2.24) is 9.97 Å². The van der Waals surface area contributed by atoms with Crippen LogP contribution in [0.2, 0.25) is 0 Å². The van der Waals surface area contributed by atoms with Gasteiger partial charge in [-0.05, 0) is 43.6 Å². The van der Waals surface area contributed by atoms with Crippen LogP contribution in [0.3, 0.4) is 0 Å². The first-order chi connectivity index (χ1) is 10.4. The maximum Gasteiger partial charge on any atom is 0.158 e. The van der Waals surface area contributed by atoms with Gasteiger partial charge in [0, 0.05) is 16.5 Å². The Kier molecular flexibility index (Phi) is 2.47. The molecule has 5 rings (SSSR count). The Hall–Kier alpha value is -1.75. The van der Waals surface area contributed by atoms with E-state index < -0.39 is 0 Å². The molecule has 0 aromatic carbocycles. The maximum atomic E-state index is 4.64. The van der Waals surface area contributed by atoms with E-state index in [1.807, 2.05) is 11.3 Å². The molecule has 0 amide bonds.